The first-order chi connectivity index (χ1) is 8.70. The monoisotopic (exact) mass is 248 g/mol. The van der Waals surface area contributed by atoms with Gasteiger partial charge in [0.05, 0.1) is 0 Å². The van der Waals surface area contributed by atoms with Crippen molar-refractivity contribution in [2.45, 2.75) is 38.8 Å². The lowest BCUT2D eigenvalue weighted by molar-refractivity contribution is 0.618. The first-order valence-electron chi connectivity index (χ1n) is 6.98. The van der Waals surface area contributed by atoms with E-state index in [2.05, 4.69) is 23.2 Å². The molecule has 3 rings (SSSR count). The molecule has 2 aliphatic rings. The van der Waals surface area contributed by atoms with Crippen LogP contribution in [0.4, 0.5) is 10.1 Å². The summed E-state index contributed by atoms with van der Waals surface area (Å²) in [5.74, 6) is 0.612. The van der Waals surface area contributed by atoms with Gasteiger partial charge in [0.25, 0.3) is 0 Å². The second-order valence-electron chi connectivity index (χ2n) is 5.81. The van der Waals surface area contributed by atoms with E-state index in [-0.39, 0.29) is 5.82 Å². The van der Waals surface area contributed by atoms with E-state index >= 15 is 0 Å². The van der Waals surface area contributed by atoms with Gasteiger partial charge in [0.2, 0.25) is 0 Å². The van der Waals surface area contributed by atoms with Crippen LogP contribution in [0.2, 0.25) is 0 Å². The molecule has 1 heterocycles. The smallest absolute Gasteiger partial charge is 0.125 e. The molecule has 1 aromatic rings. The molecule has 0 amide bonds. The van der Waals surface area contributed by atoms with Crippen molar-refractivity contribution in [3.8, 4) is 0 Å². The van der Waals surface area contributed by atoms with Gasteiger partial charge >= 0.3 is 0 Å². The van der Waals surface area contributed by atoms with Gasteiger partial charge in [-0.1, -0.05) is 6.92 Å². The molecule has 1 aliphatic carbocycles. The Kier molecular flexibility index (Phi) is 3.25. The van der Waals surface area contributed by atoms with Crippen LogP contribution in [0.1, 0.15) is 31.7 Å². The van der Waals surface area contributed by atoms with Crippen molar-refractivity contribution in [1.82, 2.24) is 5.32 Å². The van der Waals surface area contributed by atoms with Crippen LogP contribution in [0.5, 0.6) is 0 Å². The van der Waals surface area contributed by atoms with Crippen LogP contribution in [0, 0.1) is 11.7 Å². The minimum Gasteiger partial charge on any atom is -0.371 e. The maximum absolute atomic E-state index is 13.7. The molecule has 0 aromatic heterocycles. The third kappa shape index (κ3) is 2.83. The maximum Gasteiger partial charge on any atom is 0.125 e. The predicted molar refractivity (Wildman–Crippen MR) is 72.3 cm³/mol. The molecular formula is C15H21FN2. The molecule has 1 unspecified atom stereocenters. The van der Waals surface area contributed by atoms with Gasteiger partial charge in [-0.25, -0.2) is 4.39 Å². The summed E-state index contributed by atoms with van der Waals surface area (Å²) in [7, 11) is 0. The Morgan fingerprint density at radius 2 is 2.11 bits per heavy atom. The largest absolute Gasteiger partial charge is 0.371 e. The molecule has 0 spiro atoms. The molecule has 2 nitrogen and oxygen atoms in total. The number of hydrogen-bond acceptors (Lipinski definition) is 2. The lowest BCUT2D eigenvalue weighted by Gasteiger charge is -2.19. The molecular weight excluding hydrogens is 227 g/mol. The average Bonchev–Trinajstić information content (AvgIpc) is 3.07. The number of nitrogens with one attached hydrogen (secondary N) is 1. The highest BCUT2D eigenvalue weighted by molar-refractivity contribution is 5.50. The highest BCUT2D eigenvalue weighted by atomic mass is 19.1. The van der Waals surface area contributed by atoms with Gasteiger partial charge in [-0.2, -0.15) is 0 Å². The first kappa shape index (κ1) is 12.0. The topological polar surface area (TPSA) is 15.3 Å². The number of hydrogen-bond donors (Lipinski definition) is 1. The SMILES string of the molecule is CC1CCN(c2cc(F)cc(CNC3CC3)c2)C1. The summed E-state index contributed by atoms with van der Waals surface area (Å²) < 4.78 is 13.7. The molecule has 0 bridgehead atoms. The summed E-state index contributed by atoms with van der Waals surface area (Å²) in [6.07, 6.45) is 3.75. The van der Waals surface area contributed by atoms with E-state index in [9.17, 15) is 4.39 Å². The Labute approximate surface area is 108 Å². The zero-order valence-electron chi connectivity index (χ0n) is 11.0. The molecule has 18 heavy (non-hydrogen) atoms. The van der Waals surface area contributed by atoms with Gasteiger partial charge < -0.3 is 10.2 Å². The van der Waals surface area contributed by atoms with Crippen molar-refractivity contribution in [2.24, 2.45) is 5.92 Å². The van der Waals surface area contributed by atoms with Gasteiger partial charge in [-0.05, 0) is 48.9 Å². The normalized spacial score (nSPS) is 23.7. The lowest BCUT2D eigenvalue weighted by atomic mass is 10.1. The summed E-state index contributed by atoms with van der Waals surface area (Å²) in [5.41, 5.74) is 2.11. The number of rotatable bonds is 4. The van der Waals surface area contributed by atoms with Crippen LogP contribution in [0.25, 0.3) is 0 Å². The first-order valence-corrected chi connectivity index (χ1v) is 6.98. The number of benzene rings is 1. The van der Waals surface area contributed by atoms with Gasteiger partial charge in [0.15, 0.2) is 0 Å². The molecule has 1 saturated carbocycles. The molecule has 1 aromatic carbocycles. The molecule has 98 valence electrons. The van der Waals surface area contributed by atoms with Crippen LogP contribution in [-0.2, 0) is 6.54 Å². The third-order valence-corrected chi connectivity index (χ3v) is 3.90. The Morgan fingerprint density at radius 1 is 1.28 bits per heavy atom. The van der Waals surface area contributed by atoms with Crippen LogP contribution in [0.3, 0.4) is 0 Å². The zero-order valence-corrected chi connectivity index (χ0v) is 11.0. The van der Waals surface area contributed by atoms with E-state index in [1.807, 2.05) is 0 Å². The van der Waals surface area contributed by atoms with Crippen LogP contribution >= 0.6 is 0 Å². The van der Waals surface area contributed by atoms with Crippen molar-refractivity contribution in [3.63, 3.8) is 0 Å². The number of anilines is 1. The van der Waals surface area contributed by atoms with Crippen molar-refractivity contribution in [2.75, 3.05) is 18.0 Å². The molecule has 0 radical (unpaired) electrons. The minimum absolute atomic E-state index is 0.111. The second-order valence-corrected chi connectivity index (χ2v) is 5.81. The van der Waals surface area contributed by atoms with E-state index in [0.29, 0.717) is 6.04 Å². The van der Waals surface area contributed by atoms with E-state index in [1.54, 1.807) is 12.1 Å². The van der Waals surface area contributed by atoms with Crippen molar-refractivity contribution >= 4 is 5.69 Å². The average molecular weight is 248 g/mol. The second kappa shape index (κ2) is 4.88. The highest BCUT2D eigenvalue weighted by Gasteiger charge is 2.21. The summed E-state index contributed by atoms with van der Waals surface area (Å²) in [6.45, 7) is 5.16. The summed E-state index contributed by atoms with van der Waals surface area (Å²) in [5, 5.41) is 3.44. The quantitative estimate of drug-likeness (QED) is 0.881. The van der Waals surface area contributed by atoms with E-state index in [1.165, 1.54) is 19.3 Å². The third-order valence-electron chi connectivity index (χ3n) is 3.90. The summed E-state index contributed by atoms with van der Waals surface area (Å²) in [6, 6.07) is 6.12. The van der Waals surface area contributed by atoms with E-state index < -0.39 is 0 Å². The Balaban J connectivity index is 1.72. The van der Waals surface area contributed by atoms with Gasteiger partial charge in [0.1, 0.15) is 5.82 Å². The molecule has 3 heteroatoms. The molecule has 1 saturated heterocycles. The maximum atomic E-state index is 13.7. The fourth-order valence-electron chi connectivity index (χ4n) is 2.64. The van der Waals surface area contributed by atoms with Crippen LogP contribution < -0.4 is 10.2 Å². The molecule has 1 aliphatic heterocycles. The minimum atomic E-state index is -0.111. The number of nitrogens with zero attached hydrogens (tertiary/aromatic N) is 1. The fourth-order valence-corrected chi connectivity index (χ4v) is 2.64. The van der Waals surface area contributed by atoms with E-state index in [0.717, 1.165) is 36.8 Å². The fraction of sp³-hybridized carbons (Fsp3) is 0.600. The Morgan fingerprint density at radius 3 is 2.78 bits per heavy atom. The summed E-state index contributed by atoms with van der Waals surface area (Å²) in [4.78, 5) is 2.30. The van der Waals surface area contributed by atoms with Crippen molar-refractivity contribution in [3.05, 3.63) is 29.6 Å². The van der Waals surface area contributed by atoms with Crippen molar-refractivity contribution in [1.29, 1.82) is 0 Å². The summed E-state index contributed by atoms with van der Waals surface area (Å²) >= 11 is 0. The Bertz CT molecular complexity index is 429. The zero-order chi connectivity index (χ0) is 12.5. The Hall–Kier alpha value is -1.09. The number of halogens is 1. The lowest BCUT2D eigenvalue weighted by Crippen LogP contribution is -2.20. The van der Waals surface area contributed by atoms with Crippen LogP contribution in [-0.4, -0.2) is 19.1 Å². The molecule has 1 atom stereocenters. The van der Waals surface area contributed by atoms with Gasteiger partial charge in [-0.15, -0.1) is 0 Å². The standard InChI is InChI=1S/C15H21FN2/c1-11-4-5-18(10-11)15-7-12(6-13(16)8-15)9-17-14-2-3-14/h6-8,11,14,17H,2-5,9-10H2,1H3. The molecule has 2 fully saturated rings. The van der Waals surface area contributed by atoms with Crippen LogP contribution in [0.15, 0.2) is 18.2 Å². The molecule has 1 N–H and O–H groups in total. The van der Waals surface area contributed by atoms with Gasteiger partial charge in [0, 0.05) is 31.4 Å². The predicted octanol–water partition coefficient (Wildman–Crippen LogP) is 2.92. The van der Waals surface area contributed by atoms with Gasteiger partial charge in [-0.3, -0.25) is 0 Å². The highest BCUT2D eigenvalue weighted by Crippen LogP contribution is 2.26. The van der Waals surface area contributed by atoms with Crippen molar-refractivity contribution < 1.29 is 4.39 Å². The van der Waals surface area contributed by atoms with E-state index in [4.69, 9.17) is 0 Å².